The highest BCUT2D eigenvalue weighted by atomic mass is 32.2. The molecular weight excluding hydrogens is 408 g/mol. The Labute approximate surface area is 175 Å². The van der Waals surface area contributed by atoms with Crippen molar-refractivity contribution in [1.82, 2.24) is 4.72 Å². The zero-order valence-electron chi connectivity index (χ0n) is 17.0. The minimum atomic E-state index is -3.92. The molecule has 1 unspecified atom stereocenters. The number of amides is 2. The summed E-state index contributed by atoms with van der Waals surface area (Å²) in [5, 5.41) is 0. The number of aryl methyl sites for hydroxylation is 1. The molecule has 0 aliphatic carbocycles. The van der Waals surface area contributed by atoms with E-state index in [1.165, 1.54) is 25.3 Å². The lowest BCUT2D eigenvalue weighted by molar-refractivity contribution is -0.121. The molecule has 2 aromatic rings. The van der Waals surface area contributed by atoms with Crippen LogP contribution < -0.4 is 19.1 Å². The molecule has 0 spiro atoms. The van der Waals surface area contributed by atoms with E-state index in [-0.39, 0.29) is 47.6 Å². The van der Waals surface area contributed by atoms with E-state index in [4.69, 9.17) is 9.47 Å². The molecule has 8 nitrogen and oxygen atoms in total. The van der Waals surface area contributed by atoms with Gasteiger partial charge in [0.25, 0.3) is 0 Å². The van der Waals surface area contributed by atoms with E-state index < -0.39 is 16.1 Å². The highest BCUT2D eigenvalue weighted by Gasteiger charge is 2.33. The van der Waals surface area contributed by atoms with Crippen LogP contribution in [0.25, 0.3) is 0 Å². The van der Waals surface area contributed by atoms with Crippen LogP contribution in [0.5, 0.6) is 11.5 Å². The number of carbonyl (C=O) groups is 2. The molecular formula is C21H24N2O6S. The molecule has 1 aliphatic rings. The lowest BCUT2D eigenvalue weighted by atomic mass is 10.2. The van der Waals surface area contributed by atoms with Crippen molar-refractivity contribution in [1.29, 1.82) is 0 Å². The molecule has 30 heavy (non-hydrogen) atoms. The molecule has 1 aliphatic heterocycles. The first-order valence-electron chi connectivity index (χ1n) is 9.47. The topological polar surface area (TPSA) is 102 Å². The first kappa shape index (κ1) is 21.8. The summed E-state index contributed by atoms with van der Waals surface area (Å²) in [7, 11) is -2.53. The normalized spacial score (nSPS) is 15.4. The number of nitrogens with zero attached hydrogens (tertiary/aromatic N) is 1. The minimum Gasteiger partial charge on any atom is -0.495 e. The Bertz CT molecular complexity index is 1050. The van der Waals surface area contributed by atoms with E-state index in [1.807, 2.05) is 31.2 Å². The van der Waals surface area contributed by atoms with Crippen molar-refractivity contribution in [3.05, 3.63) is 48.0 Å². The lowest BCUT2D eigenvalue weighted by Crippen LogP contribution is -2.37. The maximum Gasteiger partial charge on any atom is 0.241 e. The number of rotatable bonds is 8. The van der Waals surface area contributed by atoms with Gasteiger partial charge in [0.15, 0.2) is 0 Å². The van der Waals surface area contributed by atoms with E-state index in [9.17, 15) is 18.0 Å². The molecule has 160 valence electrons. The predicted octanol–water partition coefficient (Wildman–Crippen LogP) is 2.40. The molecule has 1 fully saturated rings. The number of hydrogen-bond acceptors (Lipinski definition) is 6. The molecule has 2 aromatic carbocycles. The highest BCUT2D eigenvalue weighted by molar-refractivity contribution is 7.89. The third kappa shape index (κ3) is 4.63. The smallest absolute Gasteiger partial charge is 0.241 e. The zero-order chi connectivity index (χ0) is 21.9. The summed E-state index contributed by atoms with van der Waals surface area (Å²) >= 11 is 0. The van der Waals surface area contributed by atoms with Crippen molar-refractivity contribution in [3.63, 3.8) is 0 Å². The average molecular weight is 432 g/mol. The molecule has 3 rings (SSSR count). The average Bonchev–Trinajstić information content (AvgIpc) is 3.04. The summed E-state index contributed by atoms with van der Waals surface area (Å²) in [4.78, 5) is 25.1. The summed E-state index contributed by atoms with van der Waals surface area (Å²) in [6.07, 6.45) is 0.176. The number of ether oxygens (including phenoxy) is 2. The first-order chi connectivity index (χ1) is 14.2. The molecule has 9 heteroatoms. The fourth-order valence-corrected chi connectivity index (χ4v) is 4.40. The Balaban J connectivity index is 1.78. The predicted molar refractivity (Wildman–Crippen MR) is 111 cm³/mol. The summed E-state index contributed by atoms with van der Waals surface area (Å²) < 4.78 is 39.2. The Morgan fingerprint density at radius 3 is 2.37 bits per heavy atom. The SMILES string of the molecule is COc1ccc(S(=O)(=O)NC(C)COc2ccccc2C)cc1N1C(=O)CCC1=O. The molecule has 0 radical (unpaired) electrons. The quantitative estimate of drug-likeness (QED) is 0.643. The standard InChI is InChI=1S/C21H24N2O6S/c1-14-6-4-5-7-18(14)29-13-15(2)22-30(26,27)16-8-9-19(28-3)17(12-16)23-20(24)10-11-21(23)25/h4-9,12,15,22H,10-11,13H2,1-3H3. The van der Waals surface area contributed by atoms with Gasteiger partial charge in [-0.1, -0.05) is 18.2 Å². The van der Waals surface area contributed by atoms with Crippen molar-refractivity contribution in [2.45, 2.75) is 37.6 Å². The monoisotopic (exact) mass is 432 g/mol. The third-order valence-electron chi connectivity index (χ3n) is 4.69. The minimum absolute atomic E-state index is 0.0754. The second kappa shape index (κ2) is 8.85. The van der Waals surface area contributed by atoms with E-state index in [0.717, 1.165) is 10.5 Å². The van der Waals surface area contributed by atoms with Crippen molar-refractivity contribution in [3.8, 4) is 11.5 Å². The summed E-state index contributed by atoms with van der Waals surface area (Å²) in [5.41, 5.74) is 1.07. The lowest BCUT2D eigenvalue weighted by Gasteiger charge is -2.20. The second-order valence-corrected chi connectivity index (χ2v) is 8.77. The van der Waals surface area contributed by atoms with E-state index in [1.54, 1.807) is 6.92 Å². The Hall–Kier alpha value is -2.91. The molecule has 1 saturated heterocycles. The van der Waals surface area contributed by atoms with Crippen LogP contribution in [-0.4, -0.2) is 40.0 Å². The van der Waals surface area contributed by atoms with Crippen LogP contribution in [0.4, 0.5) is 5.69 Å². The van der Waals surface area contributed by atoms with Crippen molar-refractivity contribution in [2.75, 3.05) is 18.6 Å². The largest absolute Gasteiger partial charge is 0.495 e. The maximum absolute atomic E-state index is 12.9. The molecule has 0 saturated carbocycles. The van der Waals surface area contributed by atoms with Gasteiger partial charge in [0.2, 0.25) is 21.8 Å². The number of benzene rings is 2. The molecule has 2 amide bonds. The number of hydrogen-bond donors (Lipinski definition) is 1. The van der Waals surface area contributed by atoms with Gasteiger partial charge < -0.3 is 9.47 Å². The van der Waals surface area contributed by atoms with Crippen LogP contribution in [0, 0.1) is 6.92 Å². The van der Waals surface area contributed by atoms with Gasteiger partial charge in [0.05, 0.1) is 23.7 Å². The zero-order valence-corrected chi connectivity index (χ0v) is 17.9. The van der Waals surface area contributed by atoms with Crippen molar-refractivity contribution >= 4 is 27.5 Å². The van der Waals surface area contributed by atoms with Gasteiger partial charge in [0, 0.05) is 12.8 Å². The van der Waals surface area contributed by atoms with Crippen LogP contribution in [0.2, 0.25) is 0 Å². The fourth-order valence-electron chi connectivity index (χ4n) is 3.16. The molecule has 0 aromatic heterocycles. The van der Waals surface area contributed by atoms with Crippen molar-refractivity contribution in [2.24, 2.45) is 0 Å². The third-order valence-corrected chi connectivity index (χ3v) is 6.28. The number of methoxy groups -OCH3 is 1. The van der Waals surface area contributed by atoms with E-state index in [2.05, 4.69) is 4.72 Å². The van der Waals surface area contributed by atoms with Gasteiger partial charge in [-0.05, 0) is 43.7 Å². The van der Waals surface area contributed by atoms with Crippen LogP contribution in [0.15, 0.2) is 47.4 Å². The number of para-hydroxylation sites is 1. The number of nitrogens with one attached hydrogen (secondary N) is 1. The van der Waals surface area contributed by atoms with Crippen LogP contribution in [0.1, 0.15) is 25.3 Å². The molecule has 1 heterocycles. The van der Waals surface area contributed by atoms with Crippen molar-refractivity contribution < 1.29 is 27.5 Å². The van der Waals surface area contributed by atoms with Gasteiger partial charge in [-0.15, -0.1) is 0 Å². The fraction of sp³-hybridized carbons (Fsp3) is 0.333. The van der Waals surface area contributed by atoms with Crippen LogP contribution >= 0.6 is 0 Å². The molecule has 1 N–H and O–H groups in total. The molecule has 0 bridgehead atoms. The number of carbonyl (C=O) groups excluding carboxylic acids is 2. The maximum atomic E-state index is 12.9. The van der Waals surface area contributed by atoms with Gasteiger partial charge in [-0.2, -0.15) is 0 Å². The Morgan fingerprint density at radius 2 is 1.73 bits per heavy atom. The highest BCUT2D eigenvalue weighted by Crippen LogP contribution is 2.34. The van der Waals surface area contributed by atoms with E-state index in [0.29, 0.717) is 5.75 Å². The summed E-state index contributed by atoms with van der Waals surface area (Å²) in [6.45, 7) is 3.73. The Kier molecular flexibility index (Phi) is 6.42. The van der Waals surface area contributed by atoms with Crippen LogP contribution in [0.3, 0.4) is 0 Å². The number of sulfonamides is 1. The van der Waals surface area contributed by atoms with Gasteiger partial charge in [-0.25, -0.2) is 18.0 Å². The van der Waals surface area contributed by atoms with Crippen LogP contribution in [-0.2, 0) is 19.6 Å². The molecule has 1 atom stereocenters. The summed E-state index contributed by atoms with van der Waals surface area (Å²) in [6, 6.07) is 11.0. The number of imide groups is 1. The van der Waals surface area contributed by atoms with Gasteiger partial charge in [0.1, 0.15) is 18.1 Å². The van der Waals surface area contributed by atoms with E-state index >= 15 is 0 Å². The van der Waals surface area contributed by atoms with Gasteiger partial charge in [-0.3, -0.25) is 9.59 Å². The Morgan fingerprint density at radius 1 is 1.07 bits per heavy atom. The first-order valence-corrected chi connectivity index (χ1v) is 11.0. The number of anilines is 1. The second-order valence-electron chi connectivity index (χ2n) is 7.06. The van der Waals surface area contributed by atoms with Gasteiger partial charge >= 0.3 is 0 Å². The summed E-state index contributed by atoms with van der Waals surface area (Å²) in [5.74, 6) is 0.149.